The maximum atomic E-state index is 14.6. The molecule has 0 radical (unpaired) electrons. The van der Waals surface area contributed by atoms with Crippen molar-refractivity contribution in [2.45, 2.75) is 64.9 Å². The zero-order valence-corrected chi connectivity index (χ0v) is 18.3. The van der Waals surface area contributed by atoms with Gasteiger partial charge in [0.2, 0.25) is 0 Å². The van der Waals surface area contributed by atoms with Crippen LogP contribution in [-0.2, 0) is 9.47 Å². The number of carbonyl (C=O) groups is 2. The first kappa shape index (κ1) is 22.4. The molecule has 1 aliphatic heterocycles. The Balaban J connectivity index is 1.57. The topological polar surface area (TPSA) is 65.1 Å². The molecule has 1 amide bonds. The molecule has 1 heterocycles. The quantitative estimate of drug-likeness (QED) is 0.441. The third-order valence-electron chi connectivity index (χ3n) is 5.15. The molecule has 1 saturated heterocycles. The van der Waals surface area contributed by atoms with Gasteiger partial charge in [0.15, 0.2) is 0 Å². The molecule has 2 aliphatic rings. The average Bonchev–Trinajstić information content (AvgIpc) is 3.44. The molecular formula is C23H32FNO5. The van der Waals surface area contributed by atoms with Gasteiger partial charge in [-0.25, -0.2) is 14.0 Å². The van der Waals surface area contributed by atoms with E-state index in [0.29, 0.717) is 32.1 Å². The van der Waals surface area contributed by atoms with Crippen molar-refractivity contribution in [3.8, 4) is 5.75 Å². The predicted octanol–water partition coefficient (Wildman–Crippen LogP) is 4.91. The summed E-state index contributed by atoms with van der Waals surface area (Å²) < 4.78 is 31.1. The number of rotatable bonds is 8. The van der Waals surface area contributed by atoms with Crippen molar-refractivity contribution >= 4 is 12.1 Å². The van der Waals surface area contributed by atoms with Gasteiger partial charge in [-0.3, -0.25) is 0 Å². The first-order chi connectivity index (χ1) is 14.2. The van der Waals surface area contributed by atoms with E-state index in [-0.39, 0.29) is 23.5 Å². The second-order valence-electron chi connectivity index (χ2n) is 9.20. The van der Waals surface area contributed by atoms with Gasteiger partial charge in [-0.1, -0.05) is 13.3 Å². The third kappa shape index (κ3) is 5.86. The van der Waals surface area contributed by atoms with Gasteiger partial charge in [-0.2, -0.15) is 0 Å². The number of amides is 1. The Bertz CT molecular complexity index is 779. The minimum atomic E-state index is -0.688. The molecule has 1 aromatic rings. The fourth-order valence-electron chi connectivity index (χ4n) is 3.33. The number of carbonyl (C=O) groups excluding carboxylic acids is 2. The van der Waals surface area contributed by atoms with Crippen LogP contribution in [-0.4, -0.2) is 48.9 Å². The van der Waals surface area contributed by atoms with Gasteiger partial charge in [0, 0.05) is 25.1 Å². The van der Waals surface area contributed by atoms with E-state index < -0.39 is 17.4 Å². The minimum Gasteiger partial charge on any atom is -0.493 e. The minimum absolute atomic E-state index is 0.0520. The van der Waals surface area contributed by atoms with Crippen LogP contribution in [0.1, 0.15) is 75.2 Å². The number of hydrogen-bond acceptors (Lipinski definition) is 5. The van der Waals surface area contributed by atoms with Crippen LogP contribution in [0.4, 0.5) is 9.18 Å². The molecule has 1 aliphatic carbocycles. The summed E-state index contributed by atoms with van der Waals surface area (Å²) in [4.78, 5) is 25.9. The van der Waals surface area contributed by atoms with Crippen LogP contribution in [0.15, 0.2) is 12.1 Å². The van der Waals surface area contributed by atoms with E-state index in [1.165, 1.54) is 6.07 Å². The van der Waals surface area contributed by atoms with Gasteiger partial charge < -0.3 is 19.1 Å². The zero-order valence-electron chi connectivity index (χ0n) is 18.3. The normalized spacial score (nSPS) is 16.8. The molecule has 6 nitrogen and oxygen atoms in total. The Morgan fingerprint density at radius 2 is 1.90 bits per heavy atom. The standard InChI is InChI=1S/C23H32FNO5/c1-5-6-9-28-22(27)25-12-15(13-25)14-29-20-11-19(24)18(10-17(20)16-7-8-16)21(26)30-23(2,3)4/h10-11,15-16H,5-9,12-14H2,1-4H3. The van der Waals surface area contributed by atoms with Crippen LogP contribution < -0.4 is 4.74 Å². The highest BCUT2D eigenvalue weighted by atomic mass is 19.1. The van der Waals surface area contributed by atoms with Crippen molar-refractivity contribution in [1.82, 2.24) is 4.90 Å². The Kier molecular flexibility index (Phi) is 6.88. The van der Waals surface area contributed by atoms with Gasteiger partial charge >= 0.3 is 12.1 Å². The number of likely N-dealkylation sites (tertiary alicyclic amines) is 1. The Morgan fingerprint density at radius 3 is 2.50 bits per heavy atom. The molecular weight excluding hydrogens is 389 g/mol. The molecule has 0 N–H and O–H groups in total. The van der Waals surface area contributed by atoms with Crippen molar-refractivity contribution in [1.29, 1.82) is 0 Å². The SMILES string of the molecule is CCCCOC(=O)N1CC(COc2cc(F)c(C(=O)OC(C)(C)C)cc2C2CC2)C1. The van der Waals surface area contributed by atoms with Crippen molar-refractivity contribution in [2.75, 3.05) is 26.3 Å². The summed E-state index contributed by atoms with van der Waals surface area (Å²) in [6.45, 7) is 9.29. The van der Waals surface area contributed by atoms with E-state index in [1.54, 1.807) is 31.7 Å². The van der Waals surface area contributed by atoms with E-state index in [9.17, 15) is 14.0 Å². The number of hydrogen-bond donors (Lipinski definition) is 0. The summed E-state index contributed by atoms with van der Waals surface area (Å²) in [5.74, 6) is -0.355. The maximum absolute atomic E-state index is 14.6. The molecule has 2 fully saturated rings. The molecule has 7 heteroatoms. The van der Waals surface area contributed by atoms with Crippen molar-refractivity contribution in [2.24, 2.45) is 5.92 Å². The van der Waals surface area contributed by atoms with Gasteiger partial charge in [0.25, 0.3) is 0 Å². The van der Waals surface area contributed by atoms with Gasteiger partial charge in [-0.15, -0.1) is 0 Å². The molecule has 30 heavy (non-hydrogen) atoms. The van der Waals surface area contributed by atoms with Crippen molar-refractivity contribution in [3.05, 3.63) is 29.1 Å². The summed E-state index contributed by atoms with van der Waals surface area (Å²) in [5, 5.41) is 0. The number of esters is 1. The van der Waals surface area contributed by atoms with Crippen molar-refractivity contribution < 1.29 is 28.2 Å². The lowest BCUT2D eigenvalue weighted by Gasteiger charge is -2.38. The Morgan fingerprint density at radius 1 is 1.20 bits per heavy atom. The third-order valence-corrected chi connectivity index (χ3v) is 5.15. The molecule has 0 unspecified atom stereocenters. The molecule has 1 aromatic carbocycles. The maximum Gasteiger partial charge on any atom is 0.409 e. The van der Waals surface area contributed by atoms with Gasteiger partial charge in [-0.05, 0) is 57.6 Å². The molecule has 1 saturated carbocycles. The van der Waals surface area contributed by atoms with Gasteiger partial charge in [0.1, 0.15) is 17.2 Å². The smallest absolute Gasteiger partial charge is 0.409 e. The van der Waals surface area contributed by atoms with Gasteiger partial charge in [0.05, 0.1) is 18.8 Å². The lowest BCUT2D eigenvalue weighted by Crippen LogP contribution is -2.52. The largest absolute Gasteiger partial charge is 0.493 e. The molecule has 0 atom stereocenters. The van der Waals surface area contributed by atoms with Crippen LogP contribution in [0.2, 0.25) is 0 Å². The first-order valence-electron chi connectivity index (χ1n) is 10.8. The Labute approximate surface area is 177 Å². The highest BCUT2D eigenvalue weighted by molar-refractivity contribution is 5.90. The number of ether oxygens (including phenoxy) is 3. The highest BCUT2D eigenvalue weighted by Gasteiger charge is 2.34. The number of unbranched alkanes of at least 4 members (excludes halogenated alkanes) is 1. The average molecular weight is 422 g/mol. The lowest BCUT2D eigenvalue weighted by atomic mass is 10.0. The summed E-state index contributed by atoms with van der Waals surface area (Å²) >= 11 is 0. The summed E-state index contributed by atoms with van der Waals surface area (Å²) in [6.07, 6.45) is 3.55. The second-order valence-corrected chi connectivity index (χ2v) is 9.20. The molecule has 3 rings (SSSR count). The highest BCUT2D eigenvalue weighted by Crippen LogP contribution is 2.45. The predicted molar refractivity (Wildman–Crippen MR) is 110 cm³/mol. The summed E-state index contributed by atoms with van der Waals surface area (Å²) in [6, 6.07) is 2.87. The van der Waals surface area contributed by atoms with Crippen LogP contribution >= 0.6 is 0 Å². The van der Waals surface area contributed by atoms with E-state index in [4.69, 9.17) is 14.2 Å². The van der Waals surface area contributed by atoms with Crippen LogP contribution in [0.25, 0.3) is 0 Å². The molecule has 166 valence electrons. The summed E-state index contributed by atoms with van der Waals surface area (Å²) in [5.41, 5.74) is 0.114. The number of halogens is 1. The zero-order chi connectivity index (χ0) is 21.9. The Hall–Kier alpha value is -2.31. The number of nitrogens with zero attached hydrogens (tertiary/aromatic N) is 1. The van der Waals surface area contributed by atoms with Crippen molar-refractivity contribution in [3.63, 3.8) is 0 Å². The fraction of sp³-hybridized carbons (Fsp3) is 0.652. The van der Waals surface area contributed by atoms with Crippen LogP contribution in [0.5, 0.6) is 5.75 Å². The first-order valence-corrected chi connectivity index (χ1v) is 10.8. The molecule has 0 spiro atoms. The van der Waals surface area contributed by atoms with E-state index >= 15 is 0 Å². The molecule has 0 aromatic heterocycles. The molecule has 0 bridgehead atoms. The summed E-state index contributed by atoms with van der Waals surface area (Å²) in [7, 11) is 0. The van der Waals surface area contributed by atoms with E-state index in [0.717, 1.165) is 31.2 Å². The second kappa shape index (κ2) is 9.23. The van der Waals surface area contributed by atoms with E-state index in [1.807, 2.05) is 6.92 Å². The van der Waals surface area contributed by atoms with Crippen LogP contribution in [0, 0.1) is 11.7 Å². The monoisotopic (exact) mass is 421 g/mol. The fourth-order valence-corrected chi connectivity index (χ4v) is 3.33. The van der Waals surface area contributed by atoms with E-state index in [2.05, 4.69) is 0 Å². The van der Waals surface area contributed by atoms with Crippen LogP contribution in [0.3, 0.4) is 0 Å². The lowest BCUT2D eigenvalue weighted by molar-refractivity contribution is 0.00644. The number of benzene rings is 1.